The molecule has 0 spiro atoms. The number of thiophene rings is 1. The summed E-state index contributed by atoms with van der Waals surface area (Å²) >= 11 is 1.79. The zero-order valence-corrected chi connectivity index (χ0v) is 12.6. The lowest BCUT2D eigenvalue weighted by Gasteiger charge is -2.31. The first-order valence-corrected chi connectivity index (χ1v) is 7.87. The molecule has 1 aliphatic rings. The van der Waals surface area contributed by atoms with E-state index in [1.807, 2.05) is 6.92 Å². The highest BCUT2D eigenvalue weighted by atomic mass is 32.1. The van der Waals surface area contributed by atoms with Crippen molar-refractivity contribution in [3.05, 3.63) is 52.0 Å². The molecule has 0 fully saturated rings. The molecule has 3 rings (SSSR count). The van der Waals surface area contributed by atoms with Gasteiger partial charge in [-0.05, 0) is 54.6 Å². The Morgan fingerprint density at radius 1 is 1.33 bits per heavy atom. The topological polar surface area (TPSA) is 32.3 Å². The third-order valence-corrected chi connectivity index (χ3v) is 4.90. The number of anilines is 1. The molecule has 1 aromatic carbocycles. The van der Waals surface area contributed by atoms with E-state index in [-0.39, 0.29) is 17.8 Å². The monoisotopic (exact) mass is 304 g/mol. The summed E-state index contributed by atoms with van der Waals surface area (Å²) in [6.45, 7) is 3.62. The van der Waals surface area contributed by atoms with Gasteiger partial charge in [0.15, 0.2) is 0 Å². The van der Waals surface area contributed by atoms with E-state index in [1.165, 1.54) is 22.6 Å². The summed E-state index contributed by atoms with van der Waals surface area (Å²) in [5, 5.41) is 4.95. The minimum atomic E-state index is -0.304. The SMILES string of the molecule is C[C@H](C(=O)Nc1ccc(F)cc1)N1CCc2sccc2C1. The Kier molecular flexibility index (Phi) is 4.03. The van der Waals surface area contributed by atoms with Crippen LogP contribution < -0.4 is 5.32 Å². The van der Waals surface area contributed by atoms with Crippen LogP contribution in [0.25, 0.3) is 0 Å². The van der Waals surface area contributed by atoms with Gasteiger partial charge in [0.05, 0.1) is 6.04 Å². The van der Waals surface area contributed by atoms with Gasteiger partial charge in [-0.2, -0.15) is 0 Å². The first-order chi connectivity index (χ1) is 10.1. The lowest BCUT2D eigenvalue weighted by atomic mass is 10.1. The lowest BCUT2D eigenvalue weighted by molar-refractivity contribution is -0.121. The maximum atomic E-state index is 12.9. The average Bonchev–Trinajstić information content (AvgIpc) is 2.96. The van der Waals surface area contributed by atoms with Crippen LogP contribution >= 0.6 is 11.3 Å². The van der Waals surface area contributed by atoms with Crippen LogP contribution in [0.1, 0.15) is 17.4 Å². The molecule has 3 nitrogen and oxygen atoms in total. The fraction of sp³-hybridized carbons (Fsp3) is 0.312. The molecule has 0 aliphatic carbocycles. The van der Waals surface area contributed by atoms with E-state index in [0.717, 1.165) is 19.5 Å². The van der Waals surface area contributed by atoms with Gasteiger partial charge in [-0.25, -0.2) is 4.39 Å². The Balaban J connectivity index is 1.64. The summed E-state index contributed by atoms with van der Waals surface area (Å²) < 4.78 is 12.9. The second-order valence-corrected chi connectivity index (χ2v) is 6.26. The maximum Gasteiger partial charge on any atom is 0.241 e. The quantitative estimate of drug-likeness (QED) is 0.944. The van der Waals surface area contributed by atoms with E-state index in [2.05, 4.69) is 21.7 Å². The van der Waals surface area contributed by atoms with Crippen molar-refractivity contribution in [2.45, 2.75) is 25.9 Å². The molecule has 2 heterocycles. The van der Waals surface area contributed by atoms with Crippen molar-refractivity contribution < 1.29 is 9.18 Å². The third-order valence-electron chi connectivity index (χ3n) is 3.88. The van der Waals surface area contributed by atoms with Crippen molar-refractivity contribution in [2.75, 3.05) is 11.9 Å². The maximum absolute atomic E-state index is 12.9. The number of benzene rings is 1. The number of nitrogens with one attached hydrogen (secondary N) is 1. The van der Waals surface area contributed by atoms with Gasteiger partial charge in [-0.3, -0.25) is 9.69 Å². The standard InChI is InChI=1S/C16H17FN2OS/c1-11(16(20)18-14-4-2-13(17)3-5-14)19-8-6-15-12(10-19)7-9-21-15/h2-5,7,9,11H,6,8,10H2,1H3,(H,18,20)/t11-/m1/s1. The fourth-order valence-electron chi connectivity index (χ4n) is 2.55. The van der Waals surface area contributed by atoms with Gasteiger partial charge in [-0.15, -0.1) is 11.3 Å². The van der Waals surface area contributed by atoms with E-state index in [0.29, 0.717) is 5.69 Å². The Hall–Kier alpha value is -1.72. The number of fused-ring (bicyclic) bond motifs is 1. The summed E-state index contributed by atoms with van der Waals surface area (Å²) in [6.07, 6.45) is 1.00. The number of carbonyl (C=O) groups excluding carboxylic acids is 1. The second kappa shape index (κ2) is 5.95. The molecular formula is C16H17FN2OS. The van der Waals surface area contributed by atoms with E-state index < -0.39 is 0 Å². The first kappa shape index (κ1) is 14.2. The van der Waals surface area contributed by atoms with Gasteiger partial charge in [-0.1, -0.05) is 0 Å². The Morgan fingerprint density at radius 3 is 2.86 bits per heavy atom. The Bertz CT molecular complexity index is 638. The Labute approximate surface area is 127 Å². The molecule has 0 bridgehead atoms. The molecule has 0 unspecified atom stereocenters. The van der Waals surface area contributed by atoms with E-state index in [4.69, 9.17) is 0 Å². The molecule has 1 N–H and O–H groups in total. The summed E-state index contributed by atoms with van der Waals surface area (Å²) in [7, 11) is 0. The number of nitrogens with zero attached hydrogens (tertiary/aromatic N) is 1. The van der Waals surface area contributed by atoms with Gasteiger partial charge in [0.2, 0.25) is 5.91 Å². The molecule has 5 heteroatoms. The molecule has 0 radical (unpaired) electrons. The largest absolute Gasteiger partial charge is 0.325 e. The van der Waals surface area contributed by atoms with Crippen LogP contribution in [0, 0.1) is 5.82 Å². The van der Waals surface area contributed by atoms with Crippen LogP contribution in [0.2, 0.25) is 0 Å². The van der Waals surface area contributed by atoms with E-state index in [1.54, 1.807) is 23.5 Å². The zero-order chi connectivity index (χ0) is 14.8. The summed E-state index contributed by atoms with van der Waals surface area (Å²) in [6, 6.07) is 7.78. The highest BCUT2D eigenvalue weighted by Crippen LogP contribution is 2.25. The number of amides is 1. The first-order valence-electron chi connectivity index (χ1n) is 6.99. The van der Waals surface area contributed by atoms with Crippen molar-refractivity contribution in [2.24, 2.45) is 0 Å². The van der Waals surface area contributed by atoms with Crippen LogP contribution in [0.3, 0.4) is 0 Å². The predicted octanol–water partition coefficient (Wildman–Crippen LogP) is 3.27. The number of rotatable bonds is 3. The van der Waals surface area contributed by atoms with Crippen LogP contribution in [0.5, 0.6) is 0 Å². The van der Waals surface area contributed by atoms with Crippen LogP contribution in [-0.2, 0) is 17.8 Å². The van der Waals surface area contributed by atoms with Crippen molar-refractivity contribution in [1.29, 1.82) is 0 Å². The number of carbonyl (C=O) groups is 1. The predicted molar refractivity (Wildman–Crippen MR) is 82.9 cm³/mol. The second-order valence-electron chi connectivity index (χ2n) is 5.26. The van der Waals surface area contributed by atoms with Gasteiger partial charge >= 0.3 is 0 Å². The molecular weight excluding hydrogens is 287 g/mol. The number of halogens is 1. The minimum absolute atomic E-state index is 0.0553. The molecule has 0 saturated carbocycles. The van der Waals surface area contributed by atoms with Crippen molar-refractivity contribution >= 4 is 22.9 Å². The lowest BCUT2D eigenvalue weighted by Crippen LogP contribution is -2.44. The number of hydrogen-bond acceptors (Lipinski definition) is 3. The molecule has 21 heavy (non-hydrogen) atoms. The van der Waals surface area contributed by atoms with Gasteiger partial charge in [0.25, 0.3) is 0 Å². The zero-order valence-electron chi connectivity index (χ0n) is 11.8. The third kappa shape index (κ3) is 3.14. The molecule has 1 amide bonds. The average molecular weight is 304 g/mol. The van der Waals surface area contributed by atoms with Gasteiger partial charge in [0.1, 0.15) is 5.82 Å². The summed E-state index contributed by atoms with van der Waals surface area (Å²) in [4.78, 5) is 15.9. The fourth-order valence-corrected chi connectivity index (χ4v) is 3.44. The minimum Gasteiger partial charge on any atom is -0.325 e. The van der Waals surface area contributed by atoms with Crippen molar-refractivity contribution in [3.8, 4) is 0 Å². The van der Waals surface area contributed by atoms with Crippen LogP contribution in [0.15, 0.2) is 35.7 Å². The smallest absolute Gasteiger partial charge is 0.241 e. The number of hydrogen-bond donors (Lipinski definition) is 1. The van der Waals surface area contributed by atoms with Crippen molar-refractivity contribution in [1.82, 2.24) is 4.90 Å². The van der Waals surface area contributed by atoms with Crippen LogP contribution in [-0.4, -0.2) is 23.4 Å². The van der Waals surface area contributed by atoms with Gasteiger partial charge in [0, 0.05) is 23.7 Å². The molecule has 110 valence electrons. The van der Waals surface area contributed by atoms with E-state index in [9.17, 15) is 9.18 Å². The highest BCUT2D eigenvalue weighted by Gasteiger charge is 2.25. The summed E-state index contributed by atoms with van der Waals surface area (Å²) in [5.74, 6) is -0.359. The molecule has 1 aromatic heterocycles. The van der Waals surface area contributed by atoms with E-state index >= 15 is 0 Å². The molecule has 0 saturated heterocycles. The Morgan fingerprint density at radius 2 is 2.10 bits per heavy atom. The van der Waals surface area contributed by atoms with Gasteiger partial charge < -0.3 is 5.32 Å². The molecule has 1 atom stereocenters. The molecule has 1 aliphatic heterocycles. The summed E-state index contributed by atoms with van der Waals surface area (Å²) in [5.41, 5.74) is 1.95. The van der Waals surface area contributed by atoms with Crippen LogP contribution in [0.4, 0.5) is 10.1 Å². The normalized spacial score (nSPS) is 16.3. The van der Waals surface area contributed by atoms with Crippen molar-refractivity contribution in [3.63, 3.8) is 0 Å². The highest BCUT2D eigenvalue weighted by molar-refractivity contribution is 7.10. The molecule has 2 aromatic rings.